The van der Waals surface area contributed by atoms with E-state index in [-0.39, 0.29) is 46.0 Å². The van der Waals surface area contributed by atoms with E-state index in [1.54, 1.807) is 24.3 Å². The van der Waals surface area contributed by atoms with Crippen LogP contribution in [0.1, 0.15) is 76.7 Å². The smallest absolute Gasteiger partial charge is 0.870 e. The largest absolute Gasteiger partial charge is 1.00 e. The van der Waals surface area contributed by atoms with Crippen molar-refractivity contribution in [2.45, 2.75) is 82.4 Å². The summed E-state index contributed by atoms with van der Waals surface area (Å²) in [5, 5.41) is 12.0. The number of hydrogen-bond acceptors (Lipinski definition) is 4. The minimum atomic E-state index is -4.35. The topological polar surface area (TPSA) is 86.7 Å². The predicted molar refractivity (Wildman–Crippen MR) is 118 cm³/mol. The molecule has 2 aromatic rings. The fourth-order valence-electron chi connectivity index (χ4n) is 3.45. The van der Waals surface area contributed by atoms with Crippen LogP contribution in [0.5, 0.6) is 17.2 Å². The molecule has 5 nitrogen and oxygen atoms in total. The number of aryl methyl sites for hydroxylation is 1. The quantitative estimate of drug-likeness (QED) is 0.268. The van der Waals surface area contributed by atoms with E-state index in [0.29, 0.717) is 5.75 Å². The van der Waals surface area contributed by atoms with E-state index >= 15 is 0 Å². The molecule has 0 saturated heterocycles. The van der Waals surface area contributed by atoms with Crippen molar-refractivity contribution in [2.24, 2.45) is 0 Å². The number of para-hydroxylation sites is 2. The molecule has 1 N–H and O–H groups in total. The van der Waals surface area contributed by atoms with Gasteiger partial charge in [0.05, 0.1) is 4.90 Å². The molecule has 0 unspecified atom stereocenters. The van der Waals surface area contributed by atoms with Crippen LogP contribution in [0.15, 0.2) is 47.4 Å². The Morgan fingerprint density at radius 2 is 1.42 bits per heavy atom. The second-order valence-corrected chi connectivity index (χ2v) is 9.15. The maximum absolute atomic E-state index is 12.0. The van der Waals surface area contributed by atoms with Gasteiger partial charge in [-0.3, -0.25) is 4.55 Å². The van der Waals surface area contributed by atoms with Crippen LogP contribution in [0.2, 0.25) is 0 Å². The molecule has 2 rings (SSSR count). The molecule has 0 aliphatic heterocycles. The monoisotopic (exact) mass is 456 g/mol. The third kappa shape index (κ3) is 10.4. The molecule has 166 valence electrons. The van der Waals surface area contributed by atoms with E-state index in [4.69, 9.17) is 4.74 Å². The van der Waals surface area contributed by atoms with Crippen molar-refractivity contribution in [3.8, 4) is 17.2 Å². The van der Waals surface area contributed by atoms with E-state index in [9.17, 15) is 18.1 Å². The fourth-order valence-corrected chi connectivity index (χ4v) is 3.95. The maximum atomic E-state index is 12.0. The Bertz CT molecular complexity index is 883. The normalized spacial score (nSPS) is 11.2. The van der Waals surface area contributed by atoms with Gasteiger partial charge in [0, 0.05) is 6.07 Å². The van der Waals surface area contributed by atoms with E-state index in [2.05, 4.69) is 6.92 Å². The van der Waals surface area contributed by atoms with Crippen LogP contribution >= 0.6 is 0 Å². The molecule has 0 saturated carbocycles. The van der Waals surface area contributed by atoms with Crippen LogP contribution in [0, 0.1) is 0 Å². The zero-order valence-corrected chi connectivity index (χ0v) is 21.6. The number of ether oxygens (including phenoxy) is 1. The summed E-state index contributed by atoms with van der Waals surface area (Å²) in [6.07, 6.45) is 13.0. The molecule has 2 aromatic carbocycles. The van der Waals surface area contributed by atoms with Gasteiger partial charge < -0.3 is 9.84 Å². The van der Waals surface area contributed by atoms with Gasteiger partial charge in [-0.2, -0.15) is 8.42 Å². The van der Waals surface area contributed by atoms with Gasteiger partial charge in [-0.1, -0.05) is 94.7 Å². The summed E-state index contributed by atoms with van der Waals surface area (Å²) in [7, 11) is -4.35. The number of rotatable bonds is 14. The summed E-state index contributed by atoms with van der Waals surface area (Å²) in [6.45, 7) is 2.23. The van der Waals surface area contributed by atoms with Gasteiger partial charge in [-0.05, 0) is 30.5 Å². The van der Waals surface area contributed by atoms with Crippen molar-refractivity contribution in [1.29, 1.82) is 0 Å². The van der Waals surface area contributed by atoms with Crippen molar-refractivity contribution in [3.63, 3.8) is 0 Å². The summed E-state index contributed by atoms with van der Waals surface area (Å²) >= 11 is 0. The maximum Gasteiger partial charge on any atom is 1.00 e. The Hall–Kier alpha value is -1.05. The summed E-state index contributed by atoms with van der Waals surface area (Å²) in [6, 6.07) is 10.6. The summed E-state index contributed by atoms with van der Waals surface area (Å²) in [4.78, 5) is -0.243. The third-order valence-electron chi connectivity index (χ3n) is 5.21. The molecule has 7 heteroatoms. The van der Waals surface area contributed by atoms with E-state index in [1.165, 1.54) is 69.6 Å². The standard InChI is InChI=1S/C24H34O5S.Na/c1-2-3-4-5-6-7-8-9-10-11-14-20-17-18-21(30(26,27)28)19-24(20)29-23-16-13-12-15-22(23)25;/h12-13,15-19,25H,2-11,14H2,1H3,(H,26,27,28);/q;+1/p-1. The number of hydrogen-bond donors (Lipinski definition) is 1. The second-order valence-electron chi connectivity index (χ2n) is 7.73. The summed E-state index contributed by atoms with van der Waals surface area (Å²) < 4.78 is 38.1. The average Bonchev–Trinajstić information content (AvgIpc) is 2.71. The Balaban J connectivity index is 0.00000480. The minimum absolute atomic E-state index is 0. The van der Waals surface area contributed by atoms with Gasteiger partial charge in [-0.25, -0.2) is 0 Å². The molecule has 0 amide bonds. The molecule has 0 aliphatic rings. The van der Waals surface area contributed by atoms with Crippen molar-refractivity contribution in [2.75, 3.05) is 0 Å². The van der Waals surface area contributed by atoms with Crippen LogP contribution in [-0.4, -0.2) is 13.0 Å². The first-order valence-corrected chi connectivity index (χ1v) is 12.4. The van der Waals surface area contributed by atoms with Crippen LogP contribution in [0.4, 0.5) is 0 Å². The Kier molecular flexibility index (Phi) is 13.5. The molecule has 0 atom stereocenters. The molecular weight excluding hydrogens is 423 g/mol. The SMILES string of the molecule is CCCCCCCCCCCCc1ccc(S(=O)(=O)O)cc1Oc1ccccc1[O-].[Na+]. The first-order valence-electron chi connectivity index (χ1n) is 11.0. The van der Waals surface area contributed by atoms with Crippen LogP contribution in [0.25, 0.3) is 0 Å². The number of unbranched alkanes of at least 4 members (excludes halogenated alkanes) is 9. The zero-order valence-electron chi connectivity index (χ0n) is 18.8. The minimum Gasteiger partial charge on any atom is -0.870 e. The van der Waals surface area contributed by atoms with Gasteiger partial charge in [-0.15, -0.1) is 0 Å². The molecule has 0 fully saturated rings. The molecular formula is C24H33NaO5S. The molecule has 0 aliphatic carbocycles. The van der Waals surface area contributed by atoms with Crippen molar-refractivity contribution in [3.05, 3.63) is 48.0 Å². The second kappa shape index (κ2) is 14.9. The fraction of sp³-hybridized carbons (Fsp3) is 0.500. The average molecular weight is 457 g/mol. The first-order chi connectivity index (χ1) is 14.4. The predicted octanol–water partition coefficient (Wildman–Crippen LogP) is 3.27. The Morgan fingerprint density at radius 3 is 2.00 bits per heavy atom. The van der Waals surface area contributed by atoms with Crippen LogP contribution in [0.3, 0.4) is 0 Å². The molecule has 0 heterocycles. The summed E-state index contributed by atoms with van der Waals surface area (Å²) in [5.74, 6) is 0.151. The molecule has 0 radical (unpaired) electrons. The van der Waals surface area contributed by atoms with Crippen molar-refractivity contribution in [1.82, 2.24) is 0 Å². The van der Waals surface area contributed by atoms with Crippen molar-refractivity contribution < 1.29 is 52.4 Å². The van der Waals surface area contributed by atoms with Gasteiger partial charge in [0.15, 0.2) is 0 Å². The van der Waals surface area contributed by atoms with Crippen LogP contribution < -0.4 is 39.4 Å². The van der Waals surface area contributed by atoms with Gasteiger partial charge in [0.1, 0.15) is 11.5 Å². The van der Waals surface area contributed by atoms with Crippen molar-refractivity contribution >= 4 is 10.1 Å². The van der Waals surface area contributed by atoms with E-state index < -0.39 is 10.1 Å². The first kappa shape index (κ1) is 28.0. The molecule has 0 aromatic heterocycles. The van der Waals surface area contributed by atoms with E-state index in [1.807, 2.05) is 0 Å². The van der Waals surface area contributed by atoms with Crippen LogP contribution in [-0.2, 0) is 16.5 Å². The Morgan fingerprint density at radius 1 is 0.839 bits per heavy atom. The zero-order chi connectivity index (χ0) is 21.8. The molecule has 0 spiro atoms. The van der Waals surface area contributed by atoms with Gasteiger partial charge in [0.2, 0.25) is 0 Å². The summed E-state index contributed by atoms with van der Waals surface area (Å²) in [5.41, 5.74) is 0.824. The van der Waals surface area contributed by atoms with Gasteiger partial charge in [0.25, 0.3) is 10.1 Å². The number of benzene rings is 2. The third-order valence-corrected chi connectivity index (χ3v) is 6.05. The molecule has 31 heavy (non-hydrogen) atoms. The van der Waals surface area contributed by atoms with Gasteiger partial charge >= 0.3 is 29.6 Å². The Labute approximate surface area is 209 Å². The van der Waals surface area contributed by atoms with E-state index in [0.717, 1.165) is 24.8 Å². The molecule has 0 bridgehead atoms.